The van der Waals surface area contributed by atoms with E-state index in [0.29, 0.717) is 11.2 Å². The number of aromatic nitrogens is 4. The molecule has 0 saturated carbocycles. The number of anilines is 1. The Balaban J connectivity index is 1.65. The summed E-state index contributed by atoms with van der Waals surface area (Å²) in [5.74, 6) is 4.49. The molecule has 1 amide bonds. The Labute approximate surface area is 147 Å². The standard InChI is InChI=1S/C14H19N7O5/c1-14(2)25-8-6(3-23-13(22)20-16)24-12(9(8)26-14)21-5-19-7-10(15)17-4-18-11(7)21/h4-6,8-9,12H,3,16H2,1-2H3,(H,20,22)(H2,15,17,18)/t6-,8-,9-,12-/m1/s1. The normalized spacial score (nSPS) is 29.7. The number of nitrogens with one attached hydrogen (secondary N) is 1. The number of nitrogens with zero attached hydrogens (tertiary/aromatic N) is 4. The van der Waals surface area contributed by atoms with Crippen molar-refractivity contribution in [3.63, 3.8) is 0 Å². The zero-order valence-corrected chi connectivity index (χ0v) is 14.2. The minimum absolute atomic E-state index is 0.0517. The van der Waals surface area contributed by atoms with E-state index in [0.717, 1.165) is 0 Å². The van der Waals surface area contributed by atoms with Gasteiger partial charge in [0.1, 0.15) is 36.8 Å². The molecule has 12 heteroatoms. The first-order valence-electron chi connectivity index (χ1n) is 7.97. The van der Waals surface area contributed by atoms with Crippen molar-refractivity contribution in [1.29, 1.82) is 0 Å². The average Bonchev–Trinajstić information content (AvgIpc) is 3.24. The van der Waals surface area contributed by atoms with Crippen molar-refractivity contribution in [3.8, 4) is 0 Å². The molecule has 2 saturated heterocycles. The van der Waals surface area contributed by atoms with Gasteiger partial charge in [-0.15, -0.1) is 0 Å². The Morgan fingerprint density at radius 1 is 1.35 bits per heavy atom. The van der Waals surface area contributed by atoms with E-state index < -0.39 is 36.4 Å². The highest BCUT2D eigenvalue weighted by molar-refractivity contribution is 5.81. The van der Waals surface area contributed by atoms with Crippen LogP contribution in [0.5, 0.6) is 0 Å². The van der Waals surface area contributed by atoms with Crippen LogP contribution in [0.2, 0.25) is 0 Å². The second-order valence-corrected chi connectivity index (χ2v) is 6.46. The fourth-order valence-corrected chi connectivity index (χ4v) is 3.27. The number of hydrogen-bond donors (Lipinski definition) is 3. The molecule has 2 aromatic heterocycles. The number of ether oxygens (including phenoxy) is 4. The molecule has 0 unspecified atom stereocenters. The first-order chi connectivity index (χ1) is 12.4. The number of fused-ring (bicyclic) bond motifs is 2. The molecule has 0 aliphatic carbocycles. The van der Waals surface area contributed by atoms with Crippen LogP contribution in [0.3, 0.4) is 0 Å². The minimum Gasteiger partial charge on any atom is -0.446 e. The van der Waals surface area contributed by atoms with E-state index in [1.165, 1.54) is 6.33 Å². The molecule has 0 radical (unpaired) electrons. The topological polar surface area (TPSA) is 162 Å². The fraction of sp³-hybridized carbons (Fsp3) is 0.571. The maximum absolute atomic E-state index is 11.3. The van der Waals surface area contributed by atoms with Crippen molar-refractivity contribution in [2.45, 2.75) is 44.2 Å². The molecule has 4 rings (SSSR count). The molecule has 0 aromatic carbocycles. The monoisotopic (exact) mass is 365 g/mol. The van der Waals surface area contributed by atoms with E-state index in [4.69, 9.17) is 30.5 Å². The third-order valence-corrected chi connectivity index (χ3v) is 4.28. The average molecular weight is 365 g/mol. The molecule has 4 atom stereocenters. The Morgan fingerprint density at radius 3 is 2.88 bits per heavy atom. The van der Waals surface area contributed by atoms with Crippen molar-refractivity contribution >= 4 is 23.1 Å². The summed E-state index contributed by atoms with van der Waals surface area (Å²) in [6.45, 7) is 3.56. The lowest BCUT2D eigenvalue weighted by Crippen LogP contribution is -2.37. The summed E-state index contributed by atoms with van der Waals surface area (Å²) >= 11 is 0. The first-order valence-corrected chi connectivity index (χ1v) is 7.97. The van der Waals surface area contributed by atoms with E-state index in [1.807, 2.05) is 5.43 Å². The maximum atomic E-state index is 11.3. The number of hydrazine groups is 1. The van der Waals surface area contributed by atoms with Crippen LogP contribution in [0.15, 0.2) is 12.7 Å². The molecular weight excluding hydrogens is 346 g/mol. The number of amides is 1. The molecule has 5 N–H and O–H groups in total. The molecule has 0 bridgehead atoms. The van der Waals surface area contributed by atoms with Crippen molar-refractivity contribution < 1.29 is 23.7 Å². The summed E-state index contributed by atoms with van der Waals surface area (Å²) in [7, 11) is 0. The predicted molar refractivity (Wildman–Crippen MR) is 86.1 cm³/mol. The summed E-state index contributed by atoms with van der Waals surface area (Å²) in [6.07, 6.45) is 0.105. The predicted octanol–water partition coefficient (Wildman–Crippen LogP) is -0.574. The maximum Gasteiger partial charge on any atom is 0.421 e. The third kappa shape index (κ3) is 2.72. The van der Waals surface area contributed by atoms with Gasteiger partial charge in [-0.2, -0.15) is 0 Å². The van der Waals surface area contributed by atoms with Gasteiger partial charge in [0.25, 0.3) is 0 Å². The largest absolute Gasteiger partial charge is 0.446 e. The molecule has 4 heterocycles. The van der Waals surface area contributed by atoms with Crippen LogP contribution in [-0.2, 0) is 18.9 Å². The highest BCUT2D eigenvalue weighted by atomic mass is 16.8. The zero-order valence-electron chi connectivity index (χ0n) is 14.2. The van der Waals surface area contributed by atoms with Crippen LogP contribution in [0.4, 0.5) is 10.6 Å². The van der Waals surface area contributed by atoms with Crippen molar-refractivity contribution in [2.75, 3.05) is 12.3 Å². The van der Waals surface area contributed by atoms with Crippen LogP contribution in [-0.4, -0.2) is 56.3 Å². The first kappa shape index (κ1) is 16.9. The SMILES string of the molecule is CC1(C)O[C@@H]2[C@H](O1)[C@@H](COC(=O)NN)O[C@H]2n1cnc2c(N)ncnc21. The lowest BCUT2D eigenvalue weighted by molar-refractivity contribution is -0.199. The summed E-state index contributed by atoms with van der Waals surface area (Å²) < 4.78 is 24.7. The van der Waals surface area contributed by atoms with Crippen LogP contribution >= 0.6 is 0 Å². The molecule has 0 spiro atoms. The third-order valence-electron chi connectivity index (χ3n) is 4.28. The number of nitrogens with two attached hydrogens (primary N) is 2. The van der Waals surface area contributed by atoms with Gasteiger partial charge in [0, 0.05) is 0 Å². The second kappa shape index (κ2) is 6.02. The molecule has 2 aliphatic heterocycles. The van der Waals surface area contributed by atoms with E-state index in [-0.39, 0.29) is 12.4 Å². The van der Waals surface area contributed by atoms with Crippen LogP contribution < -0.4 is 17.0 Å². The number of carbonyl (C=O) groups excluding carboxylic acids is 1. The van der Waals surface area contributed by atoms with Gasteiger partial charge in [0.05, 0.1) is 6.33 Å². The molecule has 12 nitrogen and oxygen atoms in total. The summed E-state index contributed by atoms with van der Waals surface area (Å²) in [5, 5.41) is 0. The van der Waals surface area contributed by atoms with Crippen molar-refractivity contribution in [1.82, 2.24) is 24.9 Å². The highest BCUT2D eigenvalue weighted by Gasteiger charge is 2.56. The molecular formula is C14H19N7O5. The van der Waals surface area contributed by atoms with Crippen LogP contribution in [0.1, 0.15) is 20.1 Å². The van der Waals surface area contributed by atoms with Gasteiger partial charge in [-0.05, 0) is 13.8 Å². The fourth-order valence-electron chi connectivity index (χ4n) is 3.27. The van der Waals surface area contributed by atoms with Gasteiger partial charge in [-0.25, -0.2) is 25.6 Å². The summed E-state index contributed by atoms with van der Waals surface area (Å²) in [6, 6.07) is 0. The van der Waals surface area contributed by atoms with Gasteiger partial charge >= 0.3 is 6.09 Å². The summed E-state index contributed by atoms with van der Waals surface area (Å²) in [5.41, 5.74) is 8.72. The van der Waals surface area contributed by atoms with Crippen molar-refractivity contribution in [2.24, 2.45) is 5.84 Å². The highest BCUT2D eigenvalue weighted by Crippen LogP contribution is 2.43. The molecule has 2 aromatic rings. The lowest BCUT2D eigenvalue weighted by Gasteiger charge is -2.24. The van der Waals surface area contributed by atoms with Gasteiger partial charge in [0.2, 0.25) is 0 Å². The Morgan fingerprint density at radius 2 is 2.12 bits per heavy atom. The second-order valence-electron chi connectivity index (χ2n) is 6.46. The molecule has 2 fully saturated rings. The van der Waals surface area contributed by atoms with E-state index >= 15 is 0 Å². The Bertz CT molecular complexity index is 840. The zero-order chi connectivity index (χ0) is 18.5. The number of rotatable bonds is 3. The van der Waals surface area contributed by atoms with E-state index in [1.54, 1.807) is 24.7 Å². The molecule has 140 valence electrons. The summed E-state index contributed by atoms with van der Waals surface area (Å²) in [4.78, 5) is 23.7. The Kier molecular flexibility index (Phi) is 3.91. The minimum atomic E-state index is -0.809. The molecule has 2 aliphatic rings. The van der Waals surface area contributed by atoms with Gasteiger partial charge in [0.15, 0.2) is 23.5 Å². The van der Waals surface area contributed by atoms with Gasteiger partial charge in [-0.1, -0.05) is 0 Å². The lowest BCUT2D eigenvalue weighted by atomic mass is 10.1. The van der Waals surface area contributed by atoms with Gasteiger partial charge < -0.3 is 24.7 Å². The quantitative estimate of drug-likeness (QED) is 0.364. The number of carbonyl (C=O) groups is 1. The van der Waals surface area contributed by atoms with Crippen molar-refractivity contribution in [3.05, 3.63) is 12.7 Å². The Hall–Kier alpha value is -2.54. The van der Waals surface area contributed by atoms with Gasteiger partial charge in [-0.3, -0.25) is 9.99 Å². The molecule has 26 heavy (non-hydrogen) atoms. The van der Waals surface area contributed by atoms with Crippen LogP contribution in [0, 0.1) is 0 Å². The number of imidazole rings is 1. The van der Waals surface area contributed by atoms with E-state index in [9.17, 15) is 4.79 Å². The van der Waals surface area contributed by atoms with E-state index in [2.05, 4.69) is 15.0 Å². The number of nitrogen functional groups attached to an aromatic ring is 1. The van der Waals surface area contributed by atoms with Crippen LogP contribution in [0.25, 0.3) is 11.2 Å². The smallest absolute Gasteiger partial charge is 0.421 e. The number of hydrogen-bond acceptors (Lipinski definition) is 10.